The van der Waals surface area contributed by atoms with E-state index < -0.39 is 0 Å². The molecule has 0 unspecified atom stereocenters. The first-order valence-corrected chi connectivity index (χ1v) is 8.03. The molecule has 0 fully saturated rings. The molecule has 2 aromatic heterocycles. The van der Waals surface area contributed by atoms with E-state index in [-0.39, 0.29) is 11.3 Å². The number of aromatic nitrogens is 3. The summed E-state index contributed by atoms with van der Waals surface area (Å²) in [4.78, 5) is 21.0. The van der Waals surface area contributed by atoms with Gasteiger partial charge in [-0.3, -0.25) is 9.20 Å². The molecule has 0 aliphatic carbocycles. The summed E-state index contributed by atoms with van der Waals surface area (Å²) in [5.74, 6) is 0.695. The maximum Gasteiger partial charge on any atom is 0.234 e. The topological polar surface area (TPSA) is 59.3 Å². The number of hydrogen-bond donors (Lipinski definition) is 1. The number of nitrogens with one attached hydrogen (secondary N) is 1. The van der Waals surface area contributed by atoms with Crippen molar-refractivity contribution in [3.05, 3.63) is 48.4 Å². The summed E-state index contributed by atoms with van der Waals surface area (Å²) in [6.07, 6.45) is 4.16. The molecule has 1 amide bonds. The number of aryl methyl sites for hydroxylation is 1. The molecule has 3 rings (SSSR count). The fourth-order valence-corrected chi connectivity index (χ4v) is 2.71. The largest absolute Gasteiger partial charge is 0.326 e. The number of hydrogen-bond acceptors (Lipinski definition) is 3. The number of fused-ring (bicyclic) bond motifs is 1. The summed E-state index contributed by atoms with van der Waals surface area (Å²) in [6, 6.07) is 9.66. The van der Waals surface area contributed by atoms with Crippen molar-refractivity contribution < 1.29 is 4.79 Å². The zero-order valence-electron chi connectivity index (χ0n) is 14.5. The Morgan fingerprint density at radius 1 is 1.25 bits per heavy atom. The van der Waals surface area contributed by atoms with Crippen molar-refractivity contribution in [3.63, 3.8) is 0 Å². The van der Waals surface area contributed by atoms with Gasteiger partial charge in [-0.1, -0.05) is 32.9 Å². The van der Waals surface area contributed by atoms with Gasteiger partial charge in [0.1, 0.15) is 0 Å². The smallest absolute Gasteiger partial charge is 0.234 e. The van der Waals surface area contributed by atoms with Crippen LogP contribution in [0.1, 0.15) is 32.9 Å². The van der Waals surface area contributed by atoms with E-state index in [0.717, 1.165) is 22.6 Å². The summed E-state index contributed by atoms with van der Waals surface area (Å²) in [7, 11) is 0. The summed E-state index contributed by atoms with van der Waals surface area (Å²) < 4.78 is 1.96. The molecule has 0 atom stereocenters. The monoisotopic (exact) mass is 322 g/mol. The van der Waals surface area contributed by atoms with Crippen molar-refractivity contribution in [2.75, 3.05) is 5.32 Å². The van der Waals surface area contributed by atoms with Gasteiger partial charge < -0.3 is 5.32 Å². The average Bonchev–Trinajstić information content (AvgIpc) is 2.83. The highest BCUT2D eigenvalue weighted by Gasteiger charge is 2.16. The molecule has 24 heavy (non-hydrogen) atoms. The van der Waals surface area contributed by atoms with Crippen LogP contribution in [0, 0.1) is 12.3 Å². The van der Waals surface area contributed by atoms with Crippen LogP contribution in [0.3, 0.4) is 0 Å². The molecular formula is C19H22N4O. The quantitative estimate of drug-likeness (QED) is 0.790. The molecule has 0 aliphatic rings. The Hall–Kier alpha value is -2.69. The number of nitrogens with zero attached hydrogens (tertiary/aromatic N) is 3. The number of rotatable bonds is 3. The first-order chi connectivity index (χ1) is 11.3. The van der Waals surface area contributed by atoms with E-state index in [4.69, 9.17) is 0 Å². The number of carbonyl (C=O) groups is 1. The first kappa shape index (κ1) is 16.2. The van der Waals surface area contributed by atoms with Crippen molar-refractivity contribution in [3.8, 4) is 11.3 Å². The lowest BCUT2D eigenvalue weighted by Gasteiger charge is -2.17. The molecule has 0 radical (unpaired) electrons. The van der Waals surface area contributed by atoms with Gasteiger partial charge in [0, 0.05) is 35.8 Å². The number of carbonyl (C=O) groups excluding carboxylic acids is 1. The van der Waals surface area contributed by atoms with Crippen LogP contribution in [0.2, 0.25) is 0 Å². The fourth-order valence-electron chi connectivity index (χ4n) is 2.71. The number of imidazole rings is 1. The van der Waals surface area contributed by atoms with Crippen LogP contribution >= 0.6 is 0 Å². The van der Waals surface area contributed by atoms with Crippen molar-refractivity contribution in [2.24, 2.45) is 5.41 Å². The molecule has 1 aromatic carbocycles. The van der Waals surface area contributed by atoms with Gasteiger partial charge in [-0.15, -0.1) is 0 Å². The summed E-state index contributed by atoms with van der Waals surface area (Å²) in [5, 5.41) is 2.97. The molecule has 1 N–H and O–H groups in total. The molecule has 0 bridgehead atoms. The van der Waals surface area contributed by atoms with Crippen molar-refractivity contribution in [1.29, 1.82) is 0 Å². The standard InChI is InChI=1S/C19H22N4O/c1-13-17(22-18-20-9-6-10-23(13)18)14-7-5-8-15(11-14)21-16(24)12-19(2,3)4/h5-11H,12H2,1-4H3,(H,21,24). The van der Waals surface area contributed by atoms with Gasteiger partial charge in [0.05, 0.1) is 5.69 Å². The summed E-state index contributed by atoms with van der Waals surface area (Å²) in [6.45, 7) is 8.17. The molecule has 0 spiro atoms. The second kappa shape index (κ2) is 6.07. The van der Waals surface area contributed by atoms with Gasteiger partial charge in [-0.05, 0) is 30.5 Å². The van der Waals surface area contributed by atoms with Gasteiger partial charge in [0.25, 0.3) is 0 Å². The summed E-state index contributed by atoms with van der Waals surface area (Å²) in [5.41, 5.74) is 3.61. The lowest BCUT2D eigenvalue weighted by molar-refractivity contribution is -0.117. The van der Waals surface area contributed by atoms with E-state index in [1.54, 1.807) is 6.20 Å². The van der Waals surface area contributed by atoms with Gasteiger partial charge in [0.2, 0.25) is 11.7 Å². The second-order valence-electron chi connectivity index (χ2n) is 7.20. The number of amides is 1. The normalized spacial score (nSPS) is 11.7. The molecule has 2 heterocycles. The van der Waals surface area contributed by atoms with Crippen molar-refractivity contribution in [1.82, 2.24) is 14.4 Å². The lowest BCUT2D eigenvalue weighted by atomic mass is 9.92. The zero-order valence-corrected chi connectivity index (χ0v) is 14.5. The van der Waals surface area contributed by atoms with E-state index in [1.807, 2.05) is 47.9 Å². The van der Waals surface area contributed by atoms with Gasteiger partial charge in [-0.2, -0.15) is 0 Å². The third-order valence-corrected chi connectivity index (χ3v) is 3.75. The molecule has 0 saturated carbocycles. The van der Waals surface area contributed by atoms with E-state index in [1.165, 1.54) is 0 Å². The van der Waals surface area contributed by atoms with Crippen LogP contribution in [-0.4, -0.2) is 20.3 Å². The van der Waals surface area contributed by atoms with Crippen LogP contribution in [0.5, 0.6) is 0 Å². The van der Waals surface area contributed by atoms with Gasteiger partial charge >= 0.3 is 0 Å². The highest BCUT2D eigenvalue weighted by molar-refractivity contribution is 5.91. The first-order valence-electron chi connectivity index (χ1n) is 8.03. The van der Waals surface area contributed by atoms with E-state index in [9.17, 15) is 4.79 Å². The lowest BCUT2D eigenvalue weighted by Crippen LogP contribution is -2.19. The van der Waals surface area contributed by atoms with Crippen LogP contribution in [-0.2, 0) is 4.79 Å². The Morgan fingerprint density at radius 3 is 2.75 bits per heavy atom. The van der Waals surface area contributed by atoms with Crippen LogP contribution in [0.4, 0.5) is 5.69 Å². The Labute approximate surface area is 141 Å². The number of benzene rings is 1. The molecule has 0 saturated heterocycles. The highest BCUT2D eigenvalue weighted by Crippen LogP contribution is 2.26. The van der Waals surface area contributed by atoms with Gasteiger partial charge in [-0.25, -0.2) is 9.97 Å². The maximum absolute atomic E-state index is 12.1. The van der Waals surface area contributed by atoms with Crippen LogP contribution in [0.15, 0.2) is 42.7 Å². The Morgan fingerprint density at radius 2 is 2.04 bits per heavy atom. The molecule has 124 valence electrons. The van der Waals surface area contributed by atoms with Crippen molar-refractivity contribution in [2.45, 2.75) is 34.1 Å². The predicted molar refractivity (Wildman–Crippen MR) is 95.9 cm³/mol. The van der Waals surface area contributed by atoms with E-state index in [2.05, 4.69) is 36.1 Å². The predicted octanol–water partition coefficient (Wildman–Crippen LogP) is 4.08. The minimum atomic E-state index is -0.0362. The second-order valence-corrected chi connectivity index (χ2v) is 7.20. The average molecular weight is 322 g/mol. The third-order valence-electron chi connectivity index (χ3n) is 3.75. The van der Waals surface area contributed by atoms with E-state index in [0.29, 0.717) is 12.2 Å². The third kappa shape index (κ3) is 3.45. The Bertz CT molecular complexity index is 890. The Balaban J connectivity index is 1.90. The molecule has 5 nitrogen and oxygen atoms in total. The zero-order chi connectivity index (χ0) is 17.3. The van der Waals surface area contributed by atoms with Gasteiger partial charge in [0.15, 0.2) is 0 Å². The fraction of sp³-hybridized carbons (Fsp3) is 0.316. The molecule has 5 heteroatoms. The van der Waals surface area contributed by atoms with Crippen LogP contribution in [0.25, 0.3) is 17.0 Å². The molecule has 0 aliphatic heterocycles. The maximum atomic E-state index is 12.1. The van der Waals surface area contributed by atoms with E-state index >= 15 is 0 Å². The molecular weight excluding hydrogens is 300 g/mol. The van der Waals surface area contributed by atoms with Crippen LogP contribution < -0.4 is 5.32 Å². The number of anilines is 1. The SMILES string of the molecule is Cc1c(-c2cccc(NC(=O)CC(C)(C)C)c2)nc2ncccn12. The minimum absolute atomic E-state index is 0.0213. The molecule has 3 aromatic rings. The summed E-state index contributed by atoms with van der Waals surface area (Å²) >= 11 is 0. The Kier molecular flexibility index (Phi) is 4.09. The highest BCUT2D eigenvalue weighted by atomic mass is 16.1. The van der Waals surface area contributed by atoms with Crippen molar-refractivity contribution >= 4 is 17.4 Å². The minimum Gasteiger partial charge on any atom is -0.326 e.